The van der Waals surface area contributed by atoms with Crippen LogP contribution in [0.1, 0.15) is 11.1 Å². The van der Waals surface area contributed by atoms with Gasteiger partial charge in [0.25, 0.3) is 0 Å². The van der Waals surface area contributed by atoms with E-state index >= 15 is 0 Å². The van der Waals surface area contributed by atoms with Gasteiger partial charge in [-0.25, -0.2) is 0 Å². The predicted octanol–water partition coefficient (Wildman–Crippen LogP) is 2.02. The third-order valence-electron chi connectivity index (χ3n) is 2.79. The van der Waals surface area contributed by atoms with Crippen LogP contribution in [0.3, 0.4) is 0 Å². The minimum absolute atomic E-state index is 0.109. The highest BCUT2D eigenvalue weighted by Crippen LogP contribution is 2.36. The van der Waals surface area contributed by atoms with E-state index in [0.717, 1.165) is 0 Å². The van der Waals surface area contributed by atoms with E-state index in [9.17, 15) is 10.2 Å². The Morgan fingerprint density at radius 3 is 1.52 bits per heavy atom. The molecule has 0 amide bonds. The molecule has 0 bridgehead atoms. The van der Waals surface area contributed by atoms with Gasteiger partial charge in [-0.2, -0.15) is 0 Å². The molecular weight excluding hydrogens is 268 g/mol. The highest BCUT2D eigenvalue weighted by Gasteiger charge is 2.12. The van der Waals surface area contributed by atoms with Gasteiger partial charge in [-0.05, 0) is 0 Å². The number of anilines is 2. The minimum Gasteiger partial charge on any atom is -0.506 e. The first-order valence-corrected chi connectivity index (χ1v) is 5.82. The van der Waals surface area contributed by atoms with Crippen molar-refractivity contribution in [2.75, 3.05) is 11.5 Å². The fourth-order valence-corrected chi connectivity index (χ4v) is 1.68. The van der Waals surface area contributed by atoms with E-state index in [1.54, 1.807) is 0 Å². The van der Waals surface area contributed by atoms with Crippen LogP contribution in [-0.4, -0.2) is 10.2 Å². The van der Waals surface area contributed by atoms with Crippen LogP contribution >= 0.6 is 0 Å². The summed E-state index contributed by atoms with van der Waals surface area (Å²) in [6.07, 6.45) is 10.7. The highest BCUT2D eigenvalue weighted by atomic mass is 16.5. The van der Waals surface area contributed by atoms with Crippen molar-refractivity contribution in [2.24, 2.45) is 0 Å². The van der Waals surface area contributed by atoms with E-state index < -0.39 is 0 Å². The lowest BCUT2D eigenvalue weighted by molar-refractivity contribution is 0.460. The number of terminal acetylenes is 2. The number of benzene rings is 2. The van der Waals surface area contributed by atoms with Gasteiger partial charge in [0.2, 0.25) is 0 Å². The Hall–Kier alpha value is -3.44. The number of rotatable bonds is 2. The first kappa shape index (κ1) is 14.0. The van der Waals surface area contributed by atoms with Crippen molar-refractivity contribution in [3.8, 4) is 47.7 Å². The molecule has 0 aromatic heterocycles. The fraction of sp³-hybridized carbons (Fsp3) is 0. The lowest BCUT2D eigenvalue weighted by atomic mass is 10.1. The lowest BCUT2D eigenvalue weighted by Gasteiger charge is -2.12. The topological polar surface area (TPSA) is 102 Å². The van der Waals surface area contributed by atoms with Crippen LogP contribution in [0.15, 0.2) is 24.3 Å². The zero-order chi connectivity index (χ0) is 15.6. The quantitative estimate of drug-likeness (QED) is 0.383. The molecule has 21 heavy (non-hydrogen) atoms. The molecule has 0 saturated heterocycles. The molecule has 0 atom stereocenters. The van der Waals surface area contributed by atoms with Crippen molar-refractivity contribution in [1.82, 2.24) is 0 Å². The maximum atomic E-state index is 9.54. The first-order valence-electron chi connectivity index (χ1n) is 5.82. The number of nitrogen functional groups attached to an aromatic ring is 2. The van der Waals surface area contributed by atoms with Gasteiger partial charge in [0.15, 0.2) is 0 Å². The summed E-state index contributed by atoms with van der Waals surface area (Å²) in [4.78, 5) is 0. The average molecular weight is 280 g/mol. The summed E-state index contributed by atoms with van der Waals surface area (Å²) < 4.78 is 5.63. The molecule has 2 rings (SSSR count). The fourth-order valence-electron chi connectivity index (χ4n) is 1.68. The monoisotopic (exact) mass is 280 g/mol. The standard InChI is InChI=1S/C16H12N2O3/c1-3-9-5-13(19)11(17)7-15(9)21-16-8-12(18)14(20)6-10(16)4-2/h1-2,5-8,19-20H,17-18H2. The smallest absolute Gasteiger partial charge is 0.145 e. The first-order chi connectivity index (χ1) is 9.96. The summed E-state index contributed by atoms with van der Waals surface area (Å²) in [5.41, 5.74) is 12.1. The van der Waals surface area contributed by atoms with E-state index in [1.165, 1.54) is 24.3 Å². The zero-order valence-electron chi connectivity index (χ0n) is 10.9. The molecule has 6 N–H and O–H groups in total. The second-order valence-electron chi connectivity index (χ2n) is 4.21. The van der Waals surface area contributed by atoms with Crippen molar-refractivity contribution in [2.45, 2.75) is 0 Å². The van der Waals surface area contributed by atoms with Crippen LogP contribution in [0.4, 0.5) is 11.4 Å². The van der Waals surface area contributed by atoms with E-state index in [4.69, 9.17) is 29.1 Å². The summed E-state index contributed by atoms with van der Waals surface area (Å²) in [6.45, 7) is 0. The van der Waals surface area contributed by atoms with Crippen LogP contribution < -0.4 is 16.2 Å². The van der Waals surface area contributed by atoms with Crippen molar-refractivity contribution in [3.05, 3.63) is 35.4 Å². The van der Waals surface area contributed by atoms with Crippen LogP contribution in [0.2, 0.25) is 0 Å². The largest absolute Gasteiger partial charge is 0.506 e. The minimum atomic E-state index is -0.141. The van der Waals surface area contributed by atoms with Crippen LogP contribution in [0.5, 0.6) is 23.0 Å². The number of phenolic OH excluding ortho intramolecular Hbond substituents is 2. The van der Waals surface area contributed by atoms with Gasteiger partial charge < -0.3 is 26.4 Å². The highest BCUT2D eigenvalue weighted by molar-refractivity contribution is 5.66. The average Bonchev–Trinajstić information content (AvgIpc) is 2.46. The molecule has 0 fully saturated rings. The molecular formula is C16H12N2O3. The van der Waals surface area contributed by atoms with Gasteiger partial charge in [-0.1, -0.05) is 11.8 Å². The van der Waals surface area contributed by atoms with Crippen molar-refractivity contribution >= 4 is 11.4 Å². The SMILES string of the molecule is C#Cc1cc(O)c(N)cc1Oc1cc(N)c(O)cc1C#C. The molecule has 0 spiro atoms. The molecule has 2 aromatic rings. The lowest BCUT2D eigenvalue weighted by Crippen LogP contribution is -1.96. The molecule has 2 aromatic carbocycles. The Kier molecular flexibility index (Phi) is 3.51. The van der Waals surface area contributed by atoms with Gasteiger partial charge in [0.05, 0.1) is 22.5 Å². The summed E-state index contributed by atoms with van der Waals surface area (Å²) >= 11 is 0. The number of ether oxygens (including phenoxy) is 1. The second kappa shape index (κ2) is 5.28. The Bertz CT molecular complexity index is 731. The predicted molar refractivity (Wildman–Crippen MR) is 81.0 cm³/mol. The molecule has 0 unspecified atom stereocenters. The molecule has 0 aliphatic rings. The van der Waals surface area contributed by atoms with Crippen LogP contribution in [0, 0.1) is 24.7 Å². The molecule has 5 nitrogen and oxygen atoms in total. The Morgan fingerprint density at radius 1 is 0.810 bits per heavy atom. The van der Waals surface area contributed by atoms with Crippen molar-refractivity contribution in [1.29, 1.82) is 0 Å². The Balaban J connectivity index is 2.54. The van der Waals surface area contributed by atoms with Crippen molar-refractivity contribution < 1.29 is 14.9 Å². The molecule has 0 aliphatic heterocycles. The molecule has 0 aliphatic carbocycles. The van der Waals surface area contributed by atoms with E-state index in [0.29, 0.717) is 11.1 Å². The van der Waals surface area contributed by atoms with E-state index in [2.05, 4.69) is 11.8 Å². The molecule has 0 radical (unpaired) electrons. The maximum Gasteiger partial charge on any atom is 0.145 e. The van der Waals surface area contributed by atoms with Gasteiger partial charge in [-0.15, -0.1) is 12.8 Å². The number of phenols is 2. The van der Waals surface area contributed by atoms with Crippen LogP contribution in [-0.2, 0) is 0 Å². The second-order valence-corrected chi connectivity index (χ2v) is 4.21. The third kappa shape index (κ3) is 2.63. The third-order valence-corrected chi connectivity index (χ3v) is 2.79. The Labute approximate surface area is 121 Å². The summed E-state index contributed by atoms with van der Waals surface area (Å²) in [5, 5.41) is 19.1. The number of hydrogen-bond acceptors (Lipinski definition) is 5. The molecule has 104 valence electrons. The van der Waals surface area contributed by atoms with E-state index in [1.807, 2.05) is 0 Å². The number of hydrogen-bond donors (Lipinski definition) is 4. The molecule has 0 heterocycles. The Morgan fingerprint density at radius 2 is 1.19 bits per heavy atom. The normalized spacial score (nSPS) is 9.62. The van der Waals surface area contributed by atoms with Crippen LogP contribution in [0.25, 0.3) is 0 Å². The zero-order valence-corrected chi connectivity index (χ0v) is 10.9. The number of nitrogens with two attached hydrogens (primary N) is 2. The maximum absolute atomic E-state index is 9.54. The molecule has 5 heteroatoms. The van der Waals surface area contributed by atoms with Gasteiger partial charge in [0, 0.05) is 24.3 Å². The van der Waals surface area contributed by atoms with E-state index in [-0.39, 0.29) is 34.4 Å². The van der Waals surface area contributed by atoms with Crippen molar-refractivity contribution in [3.63, 3.8) is 0 Å². The summed E-state index contributed by atoms with van der Waals surface area (Å²) in [7, 11) is 0. The molecule has 0 saturated carbocycles. The van der Waals surface area contributed by atoms with Gasteiger partial charge in [0.1, 0.15) is 23.0 Å². The van der Waals surface area contributed by atoms with Gasteiger partial charge >= 0.3 is 0 Å². The summed E-state index contributed by atoms with van der Waals surface area (Å²) in [5.74, 6) is 4.96. The van der Waals surface area contributed by atoms with Gasteiger partial charge in [-0.3, -0.25) is 0 Å². The number of aromatic hydroxyl groups is 2. The summed E-state index contributed by atoms with van der Waals surface area (Å²) in [6, 6.07) is 5.38.